The van der Waals surface area contributed by atoms with Gasteiger partial charge in [0.1, 0.15) is 17.3 Å². The number of ketones is 1. The van der Waals surface area contributed by atoms with Gasteiger partial charge in [-0.05, 0) is 37.9 Å². The molecule has 0 bridgehead atoms. The highest BCUT2D eigenvalue weighted by Gasteiger charge is 2.58. The van der Waals surface area contributed by atoms with Crippen molar-refractivity contribution in [2.24, 2.45) is 5.41 Å². The molecule has 0 aliphatic carbocycles. The first kappa shape index (κ1) is 32.8. The minimum absolute atomic E-state index is 0.0312. The number of aromatic nitrogens is 4. The topological polar surface area (TPSA) is 132 Å². The van der Waals surface area contributed by atoms with Crippen LogP contribution in [0.2, 0.25) is 5.28 Å². The molecule has 1 saturated heterocycles. The Kier molecular flexibility index (Phi) is 9.53. The van der Waals surface area contributed by atoms with E-state index in [0.717, 1.165) is 5.56 Å². The van der Waals surface area contributed by atoms with E-state index < -0.39 is 47.2 Å². The number of esters is 2. The SMILES string of the molecule is C#C[C@@]1(C)[C@@H](COC(Cc2ccccc2)(C(C)=O)C(=O)OCC)O[C@@H](n2cnc3c(-c4ccccc4)nc(Cl)nc32)[C@@H]1OC(C)=O. The lowest BCUT2D eigenvalue weighted by molar-refractivity contribution is -0.182. The van der Waals surface area contributed by atoms with Crippen molar-refractivity contribution in [1.82, 2.24) is 19.5 Å². The lowest BCUT2D eigenvalue weighted by atomic mass is 9.81. The molecule has 2 aromatic carbocycles. The second-order valence-electron chi connectivity index (χ2n) is 11.1. The van der Waals surface area contributed by atoms with E-state index in [-0.39, 0.29) is 24.9 Å². The third-order valence-electron chi connectivity index (χ3n) is 8.09. The first-order valence-corrected chi connectivity index (χ1v) is 15.0. The molecule has 11 nitrogen and oxygen atoms in total. The van der Waals surface area contributed by atoms with Crippen molar-refractivity contribution in [3.63, 3.8) is 0 Å². The summed E-state index contributed by atoms with van der Waals surface area (Å²) in [6.45, 7) is 5.57. The van der Waals surface area contributed by atoms with Gasteiger partial charge in [0.05, 0.1) is 25.0 Å². The van der Waals surface area contributed by atoms with E-state index in [1.165, 1.54) is 20.2 Å². The zero-order valence-corrected chi connectivity index (χ0v) is 26.6. The third kappa shape index (κ3) is 6.11. The molecular formula is C34H33ClN4O7. The van der Waals surface area contributed by atoms with Crippen molar-refractivity contribution in [3.8, 4) is 23.6 Å². The van der Waals surface area contributed by atoms with E-state index in [1.807, 2.05) is 36.4 Å². The summed E-state index contributed by atoms with van der Waals surface area (Å²) < 4.78 is 25.4. The summed E-state index contributed by atoms with van der Waals surface area (Å²) in [7, 11) is 0. The van der Waals surface area contributed by atoms with Gasteiger partial charge in [0.15, 0.2) is 23.8 Å². The molecule has 0 saturated carbocycles. The molecule has 0 amide bonds. The molecule has 1 aliphatic heterocycles. The van der Waals surface area contributed by atoms with Crippen molar-refractivity contribution in [2.75, 3.05) is 13.2 Å². The number of nitrogens with zero attached hydrogens (tertiary/aromatic N) is 4. The van der Waals surface area contributed by atoms with Crippen LogP contribution in [0.5, 0.6) is 0 Å². The van der Waals surface area contributed by atoms with Crippen molar-refractivity contribution in [2.45, 2.75) is 58.2 Å². The molecule has 238 valence electrons. The number of halogens is 1. The van der Waals surface area contributed by atoms with Crippen molar-refractivity contribution in [1.29, 1.82) is 0 Å². The zero-order valence-electron chi connectivity index (χ0n) is 25.8. The molecule has 3 heterocycles. The smallest absolute Gasteiger partial charge is 0.346 e. The van der Waals surface area contributed by atoms with Gasteiger partial charge in [-0.3, -0.25) is 14.2 Å². The van der Waals surface area contributed by atoms with Crippen molar-refractivity contribution < 1.29 is 33.3 Å². The van der Waals surface area contributed by atoms with E-state index in [1.54, 1.807) is 42.7 Å². The molecule has 46 heavy (non-hydrogen) atoms. The predicted octanol–water partition coefficient (Wildman–Crippen LogP) is 4.77. The fourth-order valence-corrected chi connectivity index (χ4v) is 5.76. The van der Waals surface area contributed by atoms with Gasteiger partial charge >= 0.3 is 11.9 Å². The van der Waals surface area contributed by atoms with Gasteiger partial charge in [-0.1, -0.05) is 66.6 Å². The van der Waals surface area contributed by atoms with E-state index in [0.29, 0.717) is 22.4 Å². The fourth-order valence-electron chi connectivity index (χ4n) is 5.59. The Morgan fingerprint density at radius 3 is 2.37 bits per heavy atom. The first-order valence-electron chi connectivity index (χ1n) is 14.7. The minimum atomic E-state index is -1.99. The number of benzene rings is 2. The van der Waals surface area contributed by atoms with Crippen LogP contribution in [0, 0.1) is 17.8 Å². The summed E-state index contributed by atoms with van der Waals surface area (Å²) in [4.78, 5) is 52.4. The van der Waals surface area contributed by atoms with Crippen LogP contribution >= 0.6 is 11.6 Å². The average molecular weight is 645 g/mol. The van der Waals surface area contributed by atoms with Gasteiger partial charge in [-0.15, -0.1) is 6.42 Å². The summed E-state index contributed by atoms with van der Waals surface area (Å²) in [6, 6.07) is 18.3. The summed E-state index contributed by atoms with van der Waals surface area (Å²) in [5, 5.41) is -0.0312. The third-order valence-corrected chi connectivity index (χ3v) is 8.26. The van der Waals surface area contributed by atoms with Gasteiger partial charge in [0, 0.05) is 18.9 Å². The number of hydrogen-bond acceptors (Lipinski definition) is 10. The Balaban J connectivity index is 1.55. The summed E-state index contributed by atoms with van der Waals surface area (Å²) in [5.74, 6) is 0.743. The highest BCUT2D eigenvalue weighted by Crippen LogP contribution is 2.47. The highest BCUT2D eigenvalue weighted by molar-refractivity contribution is 6.28. The Morgan fingerprint density at radius 2 is 1.76 bits per heavy atom. The highest BCUT2D eigenvalue weighted by atomic mass is 35.5. The normalized spacial score (nSPS) is 22.1. The lowest BCUT2D eigenvalue weighted by Crippen LogP contribution is -2.53. The number of carbonyl (C=O) groups is 3. The van der Waals surface area contributed by atoms with E-state index in [9.17, 15) is 14.4 Å². The van der Waals surface area contributed by atoms with Crippen molar-refractivity contribution in [3.05, 3.63) is 77.8 Å². The molecule has 4 aromatic rings. The largest absolute Gasteiger partial charge is 0.463 e. The maximum atomic E-state index is 13.4. The van der Waals surface area contributed by atoms with Crippen LogP contribution in [-0.2, 0) is 39.8 Å². The molecule has 5 rings (SSSR count). The Bertz CT molecular complexity index is 1790. The van der Waals surface area contributed by atoms with Crippen LogP contribution in [0.1, 0.15) is 39.5 Å². The van der Waals surface area contributed by atoms with Crippen LogP contribution in [0.4, 0.5) is 0 Å². The minimum Gasteiger partial charge on any atom is -0.463 e. The first-order chi connectivity index (χ1) is 22.0. The molecule has 0 spiro atoms. The Labute approximate surface area is 271 Å². The maximum absolute atomic E-state index is 13.4. The summed E-state index contributed by atoms with van der Waals surface area (Å²) >= 11 is 6.38. The van der Waals surface area contributed by atoms with Crippen LogP contribution in [0.15, 0.2) is 67.0 Å². The molecule has 0 radical (unpaired) electrons. The second-order valence-corrected chi connectivity index (χ2v) is 11.4. The average Bonchev–Trinajstić information content (AvgIpc) is 3.57. The Morgan fingerprint density at radius 1 is 1.09 bits per heavy atom. The van der Waals surface area contributed by atoms with Gasteiger partial charge < -0.3 is 18.9 Å². The number of rotatable bonds is 11. The quantitative estimate of drug-likeness (QED) is 0.0974. The molecule has 12 heteroatoms. The summed E-state index contributed by atoms with van der Waals surface area (Å²) in [6.07, 6.45) is 4.43. The van der Waals surface area contributed by atoms with Crippen LogP contribution < -0.4 is 0 Å². The molecule has 1 fully saturated rings. The van der Waals surface area contributed by atoms with Crippen LogP contribution in [0.25, 0.3) is 22.4 Å². The number of hydrogen-bond donors (Lipinski definition) is 0. The molecule has 1 aliphatic rings. The maximum Gasteiger partial charge on any atom is 0.346 e. The number of carbonyl (C=O) groups excluding carboxylic acids is 3. The Hall–Kier alpha value is -4.63. The monoisotopic (exact) mass is 644 g/mol. The van der Waals surface area contributed by atoms with E-state index >= 15 is 0 Å². The molecule has 1 unspecified atom stereocenters. The van der Waals surface area contributed by atoms with Crippen LogP contribution in [-0.4, -0.2) is 68.3 Å². The predicted molar refractivity (Wildman–Crippen MR) is 168 cm³/mol. The standard InChI is InChI=1S/C34H33ClN4O7/c1-6-33(5)25(19-44-34(21(3)40,31(42)43-7-2)18-23-14-10-8-11-15-23)46-30(28(33)45-22(4)41)39-20-36-27-26(24-16-12-9-13-17-24)37-32(35)38-29(27)39/h1,8-17,20,25,28,30H,7,18-19H2,2-5H3/t25-,28+,30-,33+,34?/m1/s1. The van der Waals surface area contributed by atoms with Gasteiger partial charge in [-0.25, -0.2) is 14.8 Å². The van der Waals surface area contributed by atoms with Gasteiger partial charge in [0.2, 0.25) is 10.9 Å². The number of Topliss-reactive ketones (excluding diaryl/α,β-unsaturated/α-hetero) is 1. The molecule has 5 atom stereocenters. The van der Waals surface area contributed by atoms with Gasteiger partial charge in [0.25, 0.3) is 0 Å². The second kappa shape index (κ2) is 13.4. The number of terminal acetylenes is 1. The lowest BCUT2D eigenvalue weighted by Gasteiger charge is -2.33. The number of ether oxygens (including phenoxy) is 4. The summed E-state index contributed by atoms with van der Waals surface area (Å²) in [5.41, 5.74) is -0.585. The van der Waals surface area contributed by atoms with Crippen LogP contribution in [0.3, 0.4) is 0 Å². The fraction of sp³-hybridized carbons (Fsp3) is 0.353. The number of fused-ring (bicyclic) bond motifs is 1. The molecule has 0 N–H and O–H groups in total. The van der Waals surface area contributed by atoms with Gasteiger partial charge in [-0.2, -0.15) is 4.98 Å². The molecule has 2 aromatic heterocycles. The number of imidazole rings is 1. The van der Waals surface area contributed by atoms with E-state index in [4.69, 9.17) is 37.0 Å². The molecular weight excluding hydrogens is 612 g/mol. The van der Waals surface area contributed by atoms with E-state index in [2.05, 4.69) is 20.9 Å². The zero-order chi connectivity index (χ0) is 33.1. The van der Waals surface area contributed by atoms with Crippen molar-refractivity contribution >= 4 is 40.5 Å².